The zero-order valence-corrected chi connectivity index (χ0v) is 12.0. The molecule has 1 heterocycles. The van der Waals surface area contributed by atoms with Gasteiger partial charge < -0.3 is 10.4 Å². The predicted octanol–water partition coefficient (Wildman–Crippen LogP) is 2.86. The maximum atomic E-state index is 13.2. The standard InChI is InChI=1S/C12H12ClFN2O3S/c1-6-16(10(5-20-6)11(17)18)12(19)15-9-3-7(13)2-8(14)4-9/h2-4,6,10H,5H2,1H3,(H,15,19)(H,17,18). The summed E-state index contributed by atoms with van der Waals surface area (Å²) in [4.78, 5) is 24.5. The molecule has 1 aliphatic heterocycles. The molecule has 1 aromatic rings. The van der Waals surface area contributed by atoms with Crippen LogP contribution in [0, 0.1) is 5.82 Å². The zero-order valence-electron chi connectivity index (χ0n) is 10.5. The maximum Gasteiger partial charge on any atom is 0.327 e. The molecule has 2 amide bonds. The highest BCUT2D eigenvalue weighted by Crippen LogP contribution is 2.29. The minimum atomic E-state index is -1.06. The number of halogens is 2. The van der Waals surface area contributed by atoms with Crippen LogP contribution in [0.25, 0.3) is 0 Å². The van der Waals surface area contributed by atoms with Crippen molar-refractivity contribution in [1.82, 2.24) is 4.90 Å². The number of carbonyl (C=O) groups excluding carboxylic acids is 1. The number of thioether (sulfide) groups is 1. The summed E-state index contributed by atoms with van der Waals surface area (Å²) >= 11 is 7.07. The molecule has 2 atom stereocenters. The lowest BCUT2D eigenvalue weighted by atomic mass is 10.3. The van der Waals surface area contributed by atoms with E-state index in [-0.39, 0.29) is 16.1 Å². The number of nitrogens with zero attached hydrogens (tertiary/aromatic N) is 1. The van der Waals surface area contributed by atoms with Crippen molar-refractivity contribution in [2.75, 3.05) is 11.1 Å². The number of hydrogen-bond acceptors (Lipinski definition) is 3. The van der Waals surface area contributed by atoms with Gasteiger partial charge in [0.1, 0.15) is 11.9 Å². The Balaban J connectivity index is 2.16. The number of urea groups is 1. The Morgan fingerprint density at radius 3 is 2.80 bits per heavy atom. The van der Waals surface area contributed by atoms with E-state index in [1.54, 1.807) is 6.92 Å². The zero-order chi connectivity index (χ0) is 14.9. The van der Waals surface area contributed by atoms with Crippen LogP contribution in [0.5, 0.6) is 0 Å². The van der Waals surface area contributed by atoms with Crippen LogP contribution in [0.1, 0.15) is 6.92 Å². The first-order valence-corrected chi connectivity index (χ1v) is 7.21. The van der Waals surface area contributed by atoms with Gasteiger partial charge in [-0.15, -0.1) is 11.8 Å². The number of hydrogen-bond donors (Lipinski definition) is 2. The first-order valence-electron chi connectivity index (χ1n) is 5.78. The molecule has 0 spiro atoms. The molecular weight excluding hydrogens is 307 g/mol. The number of aliphatic carboxylic acids is 1. The number of benzene rings is 1. The van der Waals surface area contributed by atoms with Crippen LogP contribution in [-0.2, 0) is 4.79 Å². The van der Waals surface area contributed by atoms with Crippen LogP contribution < -0.4 is 5.32 Å². The molecular formula is C12H12ClFN2O3S. The van der Waals surface area contributed by atoms with Gasteiger partial charge in [0.25, 0.3) is 0 Å². The Bertz CT molecular complexity index is 537. The minimum absolute atomic E-state index is 0.152. The average molecular weight is 319 g/mol. The monoisotopic (exact) mass is 318 g/mol. The van der Waals surface area contributed by atoms with Crippen molar-refractivity contribution in [2.45, 2.75) is 18.3 Å². The first-order chi connectivity index (χ1) is 9.38. The molecule has 2 N–H and O–H groups in total. The molecule has 2 unspecified atom stereocenters. The van der Waals surface area contributed by atoms with E-state index in [4.69, 9.17) is 16.7 Å². The van der Waals surface area contributed by atoms with Gasteiger partial charge in [-0.25, -0.2) is 14.0 Å². The van der Waals surface area contributed by atoms with Gasteiger partial charge >= 0.3 is 12.0 Å². The first kappa shape index (κ1) is 14.9. The number of rotatable bonds is 2. The molecule has 0 aliphatic carbocycles. The van der Waals surface area contributed by atoms with E-state index in [0.717, 1.165) is 12.1 Å². The summed E-state index contributed by atoms with van der Waals surface area (Å²) in [5, 5.41) is 11.4. The molecule has 8 heteroatoms. The highest BCUT2D eigenvalue weighted by Gasteiger charge is 2.39. The third-order valence-corrected chi connectivity index (χ3v) is 4.29. The predicted molar refractivity (Wildman–Crippen MR) is 75.6 cm³/mol. The van der Waals surface area contributed by atoms with E-state index in [2.05, 4.69) is 5.32 Å². The van der Waals surface area contributed by atoms with Gasteiger partial charge in [0, 0.05) is 16.5 Å². The van der Waals surface area contributed by atoms with Crippen molar-refractivity contribution >= 4 is 41.1 Å². The fourth-order valence-corrected chi connectivity index (χ4v) is 3.34. The summed E-state index contributed by atoms with van der Waals surface area (Å²) in [5.41, 5.74) is 0.188. The molecule has 20 heavy (non-hydrogen) atoms. The summed E-state index contributed by atoms with van der Waals surface area (Å²) in [7, 11) is 0. The van der Waals surface area contributed by atoms with Gasteiger partial charge in [-0.05, 0) is 25.1 Å². The summed E-state index contributed by atoms with van der Waals surface area (Å²) < 4.78 is 13.2. The minimum Gasteiger partial charge on any atom is -0.480 e. The second-order valence-corrected chi connectivity index (χ2v) is 6.07. The molecule has 0 bridgehead atoms. The van der Waals surface area contributed by atoms with Gasteiger partial charge in [0.15, 0.2) is 0 Å². The van der Waals surface area contributed by atoms with Crippen LogP contribution in [-0.4, -0.2) is 39.2 Å². The summed E-state index contributed by atoms with van der Waals surface area (Å²) in [6.07, 6.45) is 0. The van der Waals surface area contributed by atoms with Crippen molar-refractivity contribution in [3.8, 4) is 0 Å². The quantitative estimate of drug-likeness (QED) is 0.879. The third kappa shape index (κ3) is 3.16. The molecule has 5 nitrogen and oxygen atoms in total. The SMILES string of the molecule is CC1SCC(C(=O)O)N1C(=O)Nc1cc(F)cc(Cl)c1. The van der Waals surface area contributed by atoms with Crippen molar-refractivity contribution in [1.29, 1.82) is 0 Å². The average Bonchev–Trinajstić information content (AvgIpc) is 2.69. The van der Waals surface area contributed by atoms with Gasteiger partial charge in [0.05, 0.1) is 5.37 Å². The van der Waals surface area contributed by atoms with Gasteiger partial charge in [-0.2, -0.15) is 0 Å². The largest absolute Gasteiger partial charge is 0.480 e. The number of nitrogens with one attached hydrogen (secondary N) is 1. The lowest BCUT2D eigenvalue weighted by Crippen LogP contribution is -2.46. The van der Waals surface area contributed by atoms with E-state index >= 15 is 0 Å². The Morgan fingerprint density at radius 2 is 2.20 bits per heavy atom. The Kier molecular flexibility index (Phi) is 4.39. The van der Waals surface area contributed by atoms with Crippen LogP contribution in [0.4, 0.5) is 14.9 Å². The number of amides is 2. The molecule has 1 saturated heterocycles. The highest BCUT2D eigenvalue weighted by molar-refractivity contribution is 8.00. The molecule has 2 rings (SSSR count). The molecule has 1 fully saturated rings. The van der Waals surface area contributed by atoms with Crippen molar-refractivity contribution < 1.29 is 19.1 Å². The molecule has 0 aromatic heterocycles. The van der Waals surface area contributed by atoms with Crippen LogP contribution in [0.2, 0.25) is 5.02 Å². The van der Waals surface area contributed by atoms with Crippen LogP contribution >= 0.6 is 23.4 Å². The number of carboxylic acid groups (broad SMARTS) is 1. The Morgan fingerprint density at radius 1 is 1.50 bits per heavy atom. The van der Waals surface area contributed by atoms with Gasteiger partial charge in [-0.1, -0.05) is 11.6 Å². The Hall–Kier alpha value is -1.47. The number of carbonyl (C=O) groups is 2. The second kappa shape index (κ2) is 5.88. The lowest BCUT2D eigenvalue weighted by molar-refractivity contribution is -0.141. The van der Waals surface area contributed by atoms with E-state index in [0.29, 0.717) is 5.75 Å². The molecule has 1 aliphatic rings. The topological polar surface area (TPSA) is 69.6 Å². The molecule has 108 valence electrons. The maximum absolute atomic E-state index is 13.2. The highest BCUT2D eigenvalue weighted by atomic mass is 35.5. The smallest absolute Gasteiger partial charge is 0.327 e. The van der Waals surface area contributed by atoms with Crippen molar-refractivity contribution in [2.24, 2.45) is 0 Å². The van der Waals surface area contributed by atoms with Crippen molar-refractivity contribution in [3.63, 3.8) is 0 Å². The normalized spacial score (nSPS) is 21.9. The molecule has 1 aromatic carbocycles. The number of carboxylic acids is 1. The molecule has 0 radical (unpaired) electrons. The van der Waals surface area contributed by atoms with E-state index in [1.165, 1.54) is 22.7 Å². The fourth-order valence-electron chi connectivity index (χ4n) is 1.96. The van der Waals surface area contributed by atoms with Crippen LogP contribution in [0.15, 0.2) is 18.2 Å². The Labute approximate surface area is 124 Å². The van der Waals surface area contributed by atoms with Crippen molar-refractivity contribution in [3.05, 3.63) is 29.0 Å². The summed E-state index contributed by atoms with van der Waals surface area (Å²) in [5.74, 6) is -1.31. The second-order valence-electron chi connectivity index (χ2n) is 4.28. The molecule has 0 saturated carbocycles. The van der Waals surface area contributed by atoms with E-state index < -0.39 is 23.9 Å². The lowest BCUT2D eigenvalue weighted by Gasteiger charge is -2.25. The van der Waals surface area contributed by atoms with Gasteiger partial charge in [0.2, 0.25) is 0 Å². The van der Waals surface area contributed by atoms with E-state index in [9.17, 15) is 14.0 Å². The number of anilines is 1. The fraction of sp³-hybridized carbons (Fsp3) is 0.333. The van der Waals surface area contributed by atoms with Crippen LogP contribution in [0.3, 0.4) is 0 Å². The third-order valence-electron chi connectivity index (χ3n) is 2.86. The van der Waals surface area contributed by atoms with Gasteiger partial charge in [-0.3, -0.25) is 4.90 Å². The van der Waals surface area contributed by atoms with E-state index in [1.807, 2.05) is 0 Å². The summed E-state index contributed by atoms with van der Waals surface area (Å²) in [6, 6.07) is 2.15. The summed E-state index contributed by atoms with van der Waals surface area (Å²) in [6.45, 7) is 1.74.